The van der Waals surface area contributed by atoms with Crippen LogP contribution in [0.3, 0.4) is 0 Å². The Hall–Kier alpha value is -2.65. The van der Waals surface area contributed by atoms with Gasteiger partial charge in [0.05, 0.1) is 22.2 Å². The van der Waals surface area contributed by atoms with Crippen LogP contribution in [-0.4, -0.2) is 27.1 Å². The van der Waals surface area contributed by atoms with Crippen LogP contribution in [0.4, 0.5) is 5.00 Å². The van der Waals surface area contributed by atoms with Gasteiger partial charge in [-0.15, -0.1) is 11.3 Å². The molecule has 3 N–H and O–H groups in total. The number of primary amides is 1. The van der Waals surface area contributed by atoms with Gasteiger partial charge in [-0.25, -0.2) is 4.98 Å². The summed E-state index contributed by atoms with van der Waals surface area (Å²) >= 11 is 2.72. The van der Waals surface area contributed by atoms with Gasteiger partial charge in [0, 0.05) is 10.9 Å². The average Bonchev–Trinajstić information content (AvgIpc) is 3.45. The van der Waals surface area contributed by atoms with Gasteiger partial charge in [0.2, 0.25) is 5.91 Å². The highest BCUT2D eigenvalue weighted by Crippen LogP contribution is 2.38. The summed E-state index contributed by atoms with van der Waals surface area (Å²) in [5.41, 5.74) is 7.69. The highest BCUT2D eigenvalue weighted by atomic mass is 32.2. The monoisotopic (exact) mass is 482 g/mol. The fourth-order valence-electron chi connectivity index (χ4n) is 4.92. The molecule has 0 spiro atoms. The molecule has 9 heteroatoms. The summed E-state index contributed by atoms with van der Waals surface area (Å²) < 4.78 is 1.78. The van der Waals surface area contributed by atoms with Crippen LogP contribution in [0.25, 0.3) is 10.9 Å². The zero-order valence-corrected chi connectivity index (χ0v) is 19.9. The molecule has 7 nitrogen and oxygen atoms in total. The molecule has 0 atom stereocenters. The number of aromatic nitrogens is 2. The number of aryl methyl sites for hydroxylation is 1. The molecule has 1 aromatic carbocycles. The van der Waals surface area contributed by atoms with Crippen molar-refractivity contribution in [3.8, 4) is 0 Å². The Labute approximate surface area is 199 Å². The molecule has 1 saturated carbocycles. The average molecular weight is 483 g/mol. The minimum Gasteiger partial charge on any atom is -0.365 e. The molecule has 2 heterocycles. The molecule has 1 fully saturated rings. The fraction of sp³-hybridized carbons (Fsp3) is 0.417. The highest BCUT2D eigenvalue weighted by molar-refractivity contribution is 7.99. The van der Waals surface area contributed by atoms with Gasteiger partial charge >= 0.3 is 0 Å². The van der Waals surface area contributed by atoms with Gasteiger partial charge in [0.25, 0.3) is 11.5 Å². The number of thiophene rings is 1. The predicted octanol–water partition coefficient (Wildman–Crippen LogP) is 4.28. The third-order valence-corrected chi connectivity index (χ3v) is 8.63. The second-order valence-corrected chi connectivity index (χ2v) is 10.7. The van der Waals surface area contributed by atoms with Crippen LogP contribution in [0.1, 0.15) is 65.4 Å². The first-order chi connectivity index (χ1) is 16.0. The van der Waals surface area contributed by atoms with Gasteiger partial charge in [0.1, 0.15) is 5.00 Å². The zero-order chi connectivity index (χ0) is 22.9. The van der Waals surface area contributed by atoms with Crippen molar-refractivity contribution in [2.75, 3.05) is 11.1 Å². The van der Waals surface area contributed by atoms with Crippen molar-refractivity contribution in [1.82, 2.24) is 9.55 Å². The number of amides is 2. The van der Waals surface area contributed by atoms with E-state index in [0.717, 1.165) is 61.8 Å². The van der Waals surface area contributed by atoms with E-state index in [0.29, 0.717) is 26.6 Å². The first kappa shape index (κ1) is 22.2. The van der Waals surface area contributed by atoms with Crippen LogP contribution >= 0.6 is 23.1 Å². The Morgan fingerprint density at radius 1 is 1.15 bits per heavy atom. The molecule has 2 amide bonds. The lowest BCUT2D eigenvalue weighted by atomic mass is 9.95. The number of nitrogens with two attached hydrogens (primary N) is 1. The maximum Gasteiger partial charge on any atom is 0.262 e. The number of fused-ring (bicyclic) bond motifs is 2. The summed E-state index contributed by atoms with van der Waals surface area (Å²) in [5, 5.41) is 4.62. The Kier molecular flexibility index (Phi) is 6.25. The van der Waals surface area contributed by atoms with Crippen molar-refractivity contribution < 1.29 is 9.59 Å². The highest BCUT2D eigenvalue weighted by Gasteiger charge is 2.26. The molecule has 2 aromatic heterocycles. The van der Waals surface area contributed by atoms with Crippen LogP contribution in [0.2, 0.25) is 0 Å². The second kappa shape index (κ2) is 9.30. The Balaban J connectivity index is 1.40. The number of carbonyl (C=O) groups is 2. The van der Waals surface area contributed by atoms with Crippen molar-refractivity contribution in [2.24, 2.45) is 5.73 Å². The first-order valence-electron chi connectivity index (χ1n) is 11.4. The number of anilines is 1. The quantitative estimate of drug-likeness (QED) is 0.403. The van der Waals surface area contributed by atoms with E-state index >= 15 is 0 Å². The largest absolute Gasteiger partial charge is 0.365 e. The number of thioether (sulfide) groups is 1. The van der Waals surface area contributed by atoms with E-state index in [1.165, 1.54) is 23.1 Å². The normalized spacial score (nSPS) is 16.1. The van der Waals surface area contributed by atoms with E-state index in [9.17, 15) is 14.4 Å². The molecular formula is C24H26N4O3S2. The van der Waals surface area contributed by atoms with Gasteiger partial charge in [-0.05, 0) is 56.2 Å². The van der Waals surface area contributed by atoms with Gasteiger partial charge in [-0.2, -0.15) is 0 Å². The molecule has 2 aliphatic rings. The fourth-order valence-corrected chi connectivity index (χ4v) is 7.10. The van der Waals surface area contributed by atoms with Crippen LogP contribution in [0.15, 0.2) is 34.2 Å². The van der Waals surface area contributed by atoms with Gasteiger partial charge in [0.15, 0.2) is 5.16 Å². The summed E-state index contributed by atoms with van der Waals surface area (Å²) in [6, 6.07) is 7.46. The van der Waals surface area contributed by atoms with E-state index in [1.54, 1.807) is 10.6 Å². The second-order valence-electron chi connectivity index (χ2n) is 8.64. The molecular weight excluding hydrogens is 456 g/mol. The maximum atomic E-state index is 13.3. The van der Waals surface area contributed by atoms with E-state index in [1.807, 2.05) is 18.2 Å². The number of hydrogen-bond acceptors (Lipinski definition) is 6. The third kappa shape index (κ3) is 4.31. The number of nitrogens with zero attached hydrogens (tertiary/aromatic N) is 2. The molecule has 172 valence electrons. The van der Waals surface area contributed by atoms with Gasteiger partial charge < -0.3 is 11.1 Å². The number of hydrogen-bond donors (Lipinski definition) is 2. The number of carbonyl (C=O) groups excluding carboxylic acids is 2. The van der Waals surface area contributed by atoms with Crippen LogP contribution in [-0.2, 0) is 17.6 Å². The number of rotatable bonds is 6. The van der Waals surface area contributed by atoms with Gasteiger partial charge in [-0.1, -0.05) is 36.7 Å². The maximum absolute atomic E-state index is 13.3. The van der Waals surface area contributed by atoms with E-state index < -0.39 is 5.91 Å². The van der Waals surface area contributed by atoms with Crippen LogP contribution in [0, 0.1) is 0 Å². The molecule has 0 aliphatic heterocycles. The molecule has 3 aromatic rings. The Morgan fingerprint density at radius 2 is 1.91 bits per heavy atom. The molecule has 0 bridgehead atoms. The van der Waals surface area contributed by atoms with Crippen molar-refractivity contribution in [3.05, 3.63) is 50.6 Å². The predicted molar refractivity (Wildman–Crippen MR) is 132 cm³/mol. The lowest BCUT2D eigenvalue weighted by molar-refractivity contribution is -0.113. The summed E-state index contributed by atoms with van der Waals surface area (Å²) in [6.07, 6.45) is 7.93. The third-order valence-electron chi connectivity index (χ3n) is 6.47. The van der Waals surface area contributed by atoms with Crippen molar-refractivity contribution in [1.29, 1.82) is 0 Å². The SMILES string of the molecule is NC(=O)c1c(NC(=O)CSc2nc3ccccc3c(=O)n2C2CCCC2)sc2c1CCCC2. The van der Waals surface area contributed by atoms with Crippen molar-refractivity contribution in [2.45, 2.75) is 62.6 Å². The lowest BCUT2D eigenvalue weighted by Crippen LogP contribution is -2.27. The zero-order valence-electron chi connectivity index (χ0n) is 18.3. The number of para-hydroxylation sites is 1. The summed E-state index contributed by atoms with van der Waals surface area (Å²) in [4.78, 5) is 44.1. The molecule has 0 unspecified atom stereocenters. The smallest absolute Gasteiger partial charge is 0.262 e. The van der Waals surface area contributed by atoms with Crippen molar-refractivity contribution in [3.63, 3.8) is 0 Å². The number of benzene rings is 1. The Bertz CT molecular complexity index is 1290. The summed E-state index contributed by atoms with van der Waals surface area (Å²) in [6.45, 7) is 0. The topological polar surface area (TPSA) is 107 Å². The van der Waals surface area contributed by atoms with E-state index in [2.05, 4.69) is 5.32 Å². The molecule has 33 heavy (non-hydrogen) atoms. The van der Waals surface area contributed by atoms with Crippen LogP contribution in [0.5, 0.6) is 0 Å². The van der Waals surface area contributed by atoms with Gasteiger partial charge in [-0.3, -0.25) is 19.0 Å². The minimum absolute atomic E-state index is 0.0441. The van der Waals surface area contributed by atoms with E-state index in [-0.39, 0.29) is 23.3 Å². The summed E-state index contributed by atoms with van der Waals surface area (Å²) in [5.74, 6) is -0.636. The van der Waals surface area contributed by atoms with Crippen LogP contribution < -0.4 is 16.6 Å². The minimum atomic E-state index is -0.497. The molecule has 2 aliphatic carbocycles. The molecule has 5 rings (SSSR count). The summed E-state index contributed by atoms with van der Waals surface area (Å²) in [7, 11) is 0. The lowest BCUT2D eigenvalue weighted by Gasteiger charge is -2.18. The Morgan fingerprint density at radius 3 is 2.70 bits per heavy atom. The molecule has 0 saturated heterocycles. The molecule has 0 radical (unpaired) electrons. The first-order valence-corrected chi connectivity index (χ1v) is 13.2. The van der Waals surface area contributed by atoms with E-state index in [4.69, 9.17) is 10.7 Å². The number of nitrogens with one attached hydrogen (secondary N) is 1. The standard InChI is InChI=1S/C24H26N4O3S2/c25-21(30)20-16-10-4-6-12-18(16)33-22(20)27-19(29)13-32-24-26-17-11-5-3-9-15(17)23(31)28(24)14-7-1-2-8-14/h3,5,9,11,14H,1-2,4,6-8,10,12-13H2,(H2,25,30)(H,27,29). The van der Waals surface area contributed by atoms with Crippen molar-refractivity contribution >= 4 is 50.8 Å².